The van der Waals surface area contributed by atoms with E-state index in [0.717, 1.165) is 32.3 Å². The van der Waals surface area contributed by atoms with Gasteiger partial charge in [0.25, 0.3) is 0 Å². The third-order valence-electron chi connectivity index (χ3n) is 13.7. The van der Waals surface area contributed by atoms with Crippen LogP contribution in [0, 0.1) is 23.2 Å². The maximum Gasteiger partial charge on any atom is 0.192 e. The van der Waals surface area contributed by atoms with Crippen LogP contribution < -0.4 is 0 Å². The van der Waals surface area contributed by atoms with E-state index in [1.807, 2.05) is 13.8 Å². The van der Waals surface area contributed by atoms with Gasteiger partial charge in [0, 0.05) is 6.42 Å². The minimum Gasteiger partial charge on any atom is -0.413 e. The van der Waals surface area contributed by atoms with Crippen molar-refractivity contribution in [2.24, 2.45) is 23.2 Å². The van der Waals surface area contributed by atoms with Gasteiger partial charge >= 0.3 is 0 Å². The highest BCUT2D eigenvalue weighted by molar-refractivity contribution is 6.74. The summed E-state index contributed by atoms with van der Waals surface area (Å²) in [6.45, 7) is 28.4. The molecule has 264 valence electrons. The summed E-state index contributed by atoms with van der Waals surface area (Å²) in [5.41, 5.74) is 3.78. The lowest BCUT2D eigenvalue weighted by Crippen LogP contribution is -2.46. The quantitative estimate of drug-likeness (QED) is 0.187. The van der Waals surface area contributed by atoms with E-state index in [-0.39, 0.29) is 23.2 Å². The van der Waals surface area contributed by atoms with Crippen molar-refractivity contribution in [1.29, 1.82) is 0 Å². The summed E-state index contributed by atoms with van der Waals surface area (Å²) in [7, 11) is -3.53. The number of hydrogen-bond acceptors (Lipinski definition) is 4. The van der Waals surface area contributed by atoms with Gasteiger partial charge < -0.3 is 18.7 Å². The number of rotatable bonds is 14. The average Bonchev–Trinajstić information content (AvgIpc) is 3.58. The second-order valence-corrected chi connectivity index (χ2v) is 26.4. The molecular formula is C40H72O4Si2. The second kappa shape index (κ2) is 15.2. The summed E-state index contributed by atoms with van der Waals surface area (Å²) in [4.78, 5) is 0. The van der Waals surface area contributed by atoms with Gasteiger partial charge in [-0.25, -0.2) is 0 Å². The summed E-state index contributed by atoms with van der Waals surface area (Å²) < 4.78 is 21.1. The molecule has 1 saturated heterocycles. The Hall–Kier alpha value is -0.506. The molecule has 0 bridgehead atoms. The van der Waals surface area contributed by atoms with Crippen molar-refractivity contribution in [3.8, 4) is 0 Å². The highest BCUT2D eigenvalue weighted by atomic mass is 28.4. The van der Waals surface area contributed by atoms with Crippen LogP contribution in [0.4, 0.5) is 0 Å². The van der Waals surface area contributed by atoms with E-state index >= 15 is 0 Å². The highest BCUT2D eigenvalue weighted by Crippen LogP contribution is 2.62. The van der Waals surface area contributed by atoms with Crippen molar-refractivity contribution >= 4 is 16.6 Å². The van der Waals surface area contributed by atoms with Gasteiger partial charge in [-0.05, 0) is 143 Å². The SMILES string of the molecule is C=C1C(=CC=C2CCC[C@@]3(C)[C@@H]2CC[C@@H]3[C@]2(C)C[C@@H](CC(C)(C)O)CO2)C[C@@H](O[Si](CC)(CC)CC)C[C@@H]1O[Si](CC)(CC)CC. The standard InChI is InChI=1S/C40H72O4Si2/c1-12-45(13-2,14-3)43-34-25-33(30(7)36(26-34)44-46(15-4,16-5)17-6)21-20-32-19-18-24-39(10)35(32)22-23-37(39)40(11)28-31(29-42-40)27-38(8,9)41/h20-21,31,34-37,41H,7,12-19,22-29H2,1-6,8-11H3/t31-,34-,35-,36+,37+,39+,40+/m1/s1. The number of hydrogen-bond donors (Lipinski definition) is 1. The monoisotopic (exact) mass is 672 g/mol. The van der Waals surface area contributed by atoms with Gasteiger partial charge in [0.05, 0.1) is 30.0 Å². The Morgan fingerprint density at radius 1 is 0.935 bits per heavy atom. The molecule has 3 aliphatic carbocycles. The van der Waals surface area contributed by atoms with Crippen molar-refractivity contribution in [3.05, 3.63) is 35.5 Å². The molecule has 0 radical (unpaired) electrons. The maximum absolute atomic E-state index is 10.5. The van der Waals surface area contributed by atoms with Gasteiger partial charge in [-0.1, -0.05) is 72.8 Å². The van der Waals surface area contributed by atoms with E-state index < -0.39 is 22.2 Å². The van der Waals surface area contributed by atoms with E-state index in [0.29, 0.717) is 17.8 Å². The van der Waals surface area contributed by atoms with E-state index in [1.165, 1.54) is 79.5 Å². The van der Waals surface area contributed by atoms with Gasteiger partial charge in [0.1, 0.15) is 0 Å². The van der Waals surface area contributed by atoms with Crippen molar-refractivity contribution in [3.63, 3.8) is 0 Å². The smallest absolute Gasteiger partial charge is 0.192 e. The molecule has 0 spiro atoms. The Morgan fingerprint density at radius 2 is 1.54 bits per heavy atom. The fourth-order valence-corrected chi connectivity index (χ4v) is 16.3. The summed E-state index contributed by atoms with van der Waals surface area (Å²) in [5, 5.41) is 10.5. The van der Waals surface area contributed by atoms with Crippen LogP contribution in [-0.4, -0.2) is 51.8 Å². The van der Waals surface area contributed by atoms with E-state index in [4.69, 9.17) is 20.2 Å². The Morgan fingerprint density at radius 3 is 2.13 bits per heavy atom. The van der Waals surface area contributed by atoms with Crippen LogP contribution in [0.2, 0.25) is 36.3 Å². The van der Waals surface area contributed by atoms with Crippen LogP contribution in [0.1, 0.15) is 127 Å². The molecule has 1 N–H and O–H groups in total. The van der Waals surface area contributed by atoms with Gasteiger partial charge in [0.2, 0.25) is 0 Å². The lowest BCUT2D eigenvalue weighted by atomic mass is 9.59. The molecule has 0 aromatic carbocycles. The summed E-state index contributed by atoms with van der Waals surface area (Å²) >= 11 is 0. The molecule has 4 nitrogen and oxygen atoms in total. The zero-order chi connectivity index (χ0) is 34.0. The lowest BCUT2D eigenvalue weighted by molar-refractivity contribution is -0.0753. The van der Waals surface area contributed by atoms with Crippen LogP contribution in [-0.2, 0) is 13.6 Å². The highest BCUT2D eigenvalue weighted by Gasteiger charge is 2.58. The molecule has 6 heteroatoms. The molecule has 0 unspecified atom stereocenters. The Bertz CT molecular complexity index is 1080. The minimum atomic E-state index is -1.79. The fourth-order valence-electron chi connectivity index (χ4n) is 10.6. The maximum atomic E-state index is 10.5. The first-order valence-electron chi connectivity index (χ1n) is 19.5. The molecule has 4 aliphatic rings. The normalized spacial score (nSPS) is 36.2. The zero-order valence-corrected chi connectivity index (χ0v) is 33.7. The molecule has 4 rings (SSSR count). The summed E-state index contributed by atoms with van der Waals surface area (Å²) in [6.07, 6.45) is 15.4. The van der Waals surface area contributed by atoms with Gasteiger partial charge in [-0.2, -0.15) is 0 Å². The first kappa shape index (κ1) is 38.3. The molecule has 46 heavy (non-hydrogen) atoms. The van der Waals surface area contributed by atoms with Gasteiger partial charge in [-0.3, -0.25) is 0 Å². The molecule has 0 aromatic rings. The minimum absolute atomic E-state index is 0.0796. The number of ether oxygens (including phenoxy) is 1. The second-order valence-electron chi connectivity index (χ2n) is 17.0. The third kappa shape index (κ3) is 8.10. The predicted molar refractivity (Wildman–Crippen MR) is 200 cm³/mol. The predicted octanol–water partition coefficient (Wildman–Crippen LogP) is 11.1. The number of allylic oxidation sites excluding steroid dienone is 3. The third-order valence-corrected chi connectivity index (χ3v) is 23.1. The first-order valence-corrected chi connectivity index (χ1v) is 24.5. The van der Waals surface area contributed by atoms with Crippen LogP contribution >= 0.6 is 0 Å². The van der Waals surface area contributed by atoms with E-state index in [9.17, 15) is 5.11 Å². The fraction of sp³-hybridized carbons (Fsp3) is 0.850. The Balaban J connectivity index is 1.59. The summed E-state index contributed by atoms with van der Waals surface area (Å²) in [5.74, 6) is 1.63. The van der Waals surface area contributed by atoms with Crippen LogP contribution in [0.3, 0.4) is 0 Å². The van der Waals surface area contributed by atoms with E-state index in [2.05, 4.69) is 67.5 Å². The largest absolute Gasteiger partial charge is 0.413 e. The van der Waals surface area contributed by atoms with Crippen LogP contribution in [0.15, 0.2) is 35.5 Å². The number of fused-ring (bicyclic) bond motifs is 1. The van der Waals surface area contributed by atoms with E-state index in [1.54, 1.807) is 5.57 Å². The van der Waals surface area contributed by atoms with Crippen LogP contribution in [0.25, 0.3) is 0 Å². The van der Waals surface area contributed by atoms with Crippen molar-refractivity contribution in [2.75, 3.05) is 6.61 Å². The summed E-state index contributed by atoms with van der Waals surface area (Å²) in [6, 6.07) is 7.06. The number of aliphatic hydroxyl groups is 1. The molecule has 0 aromatic heterocycles. The average molecular weight is 673 g/mol. The van der Waals surface area contributed by atoms with Gasteiger partial charge in [0.15, 0.2) is 16.6 Å². The van der Waals surface area contributed by atoms with Crippen molar-refractivity contribution < 1.29 is 18.7 Å². The van der Waals surface area contributed by atoms with Crippen molar-refractivity contribution in [2.45, 2.75) is 187 Å². The first-order chi connectivity index (χ1) is 21.6. The van der Waals surface area contributed by atoms with Crippen molar-refractivity contribution in [1.82, 2.24) is 0 Å². The molecule has 0 amide bonds. The molecule has 7 atom stereocenters. The molecule has 3 saturated carbocycles. The Labute approximate surface area is 286 Å². The van der Waals surface area contributed by atoms with Crippen LogP contribution in [0.5, 0.6) is 0 Å². The van der Waals surface area contributed by atoms with Gasteiger partial charge in [-0.15, -0.1) is 0 Å². The zero-order valence-electron chi connectivity index (χ0n) is 31.7. The molecule has 1 aliphatic heterocycles. The molecule has 1 heterocycles. The Kier molecular flexibility index (Phi) is 12.6. The topological polar surface area (TPSA) is 47.9 Å². The lowest BCUT2D eigenvalue weighted by Gasteiger charge is -2.47. The molecule has 4 fully saturated rings. The molecular weight excluding hydrogens is 601 g/mol.